The van der Waals surface area contributed by atoms with E-state index in [4.69, 9.17) is 5.73 Å². The molecule has 104 valence electrons. The monoisotopic (exact) mass is 250 g/mol. The van der Waals surface area contributed by atoms with Crippen LogP contribution in [0.3, 0.4) is 0 Å². The lowest BCUT2D eigenvalue weighted by Crippen LogP contribution is -2.12. The average Bonchev–Trinajstić information content (AvgIpc) is 2.42. The summed E-state index contributed by atoms with van der Waals surface area (Å²) in [6.07, 6.45) is 20.0. The van der Waals surface area contributed by atoms with E-state index in [2.05, 4.69) is 17.5 Å². The van der Waals surface area contributed by atoms with Crippen molar-refractivity contribution in [2.24, 2.45) is 5.73 Å². The van der Waals surface area contributed by atoms with Gasteiger partial charge in [0.25, 0.3) is 0 Å². The van der Waals surface area contributed by atoms with Gasteiger partial charge in [0.1, 0.15) is 0 Å². The van der Waals surface area contributed by atoms with Crippen LogP contribution in [0.25, 0.3) is 0 Å². The van der Waals surface area contributed by atoms with E-state index in [9.17, 15) is 0 Å². The highest BCUT2D eigenvalue weighted by atomic mass is 14.8. The normalized spacial score (nSPS) is 14.4. The molecule has 0 aromatic carbocycles. The van der Waals surface area contributed by atoms with Crippen LogP contribution in [0.5, 0.6) is 0 Å². The third kappa shape index (κ3) is 8.35. The van der Waals surface area contributed by atoms with E-state index >= 15 is 0 Å². The topological polar surface area (TPSA) is 38.0 Å². The van der Waals surface area contributed by atoms with Crippen molar-refractivity contribution < 1.29 is 0 Å². The third-order valence-corrected chi connectivity index (χ3v) is 3.58. The van der Waals surface area contributed by atoms with Gasteiger partial charge in [-0.3, -0.25) is 0 Å². The molecule has 2 heteroatoms. The molecule has 0 amide bonds. The zero-order valence-corrected chi connectivity index (χ0v) is 11.8. The van der Waals surface area contributed by atoms with Gasteiger partial charge in [0.15, 0.2) is 0 Å². The summed E-state index contributed by atoms with van der Waals surface area (Å²) < 4.78 is 0. The molecule has 0 aromatic rings. The van der Waals surface area contributed by atoms with Crippen molar-refractivity contribution in [2.75, 3.05) is 13.1 Å². The van der Waals surface area contributed by atoms with Gasteiger partial charge in [0.2, 0.25) is 0 Å². The predicted octanol–water partition coefficient (Wildman–Crippen LogP) is 3.89. The van der Waals surface area contributed by atoms with Crippen molar-refractivity contribution in [2.45, 2.75) is 64.2 Å². The second-order valence-electron chi connectivity index (χ2n) is 5.29. The van der Waals surface area contributed by atoms with Gasteiger partial charge in [-0.1, -0.05) is 56.6 Å². The number of dihydropyridines is 1. The highest BCUT2D eigenvalue weighted by Crippen LogP contribution is 2.13. The predicted molar refractivity (Wildman–Crippen MR) is 80.5 cm³/mol. The summed E-state index contributed by atoms with van der Waals surface area (Å²) >= 11 is 0. The van der Waals surface area contributed by atoms with Crippen LogP contribution in [0.4, 0.5) is 0 Å². The molecule has 18 heavy (non-hydrogen) atoms. The number of hydrogen-bond acceptors (Lipinski definition) is 2. The van der Waals surface area contributed by atoms with Crippen molar-refractivity contribution in [1.82, 2.24) is 5.32 Å². The maximum atomic E-state index is 5.47. The Hall–Kier alpha value is -0.760. The largest absolute Gasteiger partial charge is 0.387 e. The number of rotatable bonds is 11. The van der Waals surface area contributed by atoms with E-state index in [-0.39, 0.29) is 0 Å². The van der Waals surface area contributed by atoms with E-state index in [1.165, 1.54) is 64.2 Å². The fourth-order valence-electron chi connectivity index (χ4n) is 2.41. The average molecular weight is 250 g/mol. The number of hydrogen-bond donors (Lipinski definition) is 2. The summed E-state index contributed by atoms with van der Waals surface area (Å²) in [5.41, 5.74) is 7.03. The Morgan fingerprint density at radius 1 is 0.889 bits per heavy atom. The van der Waals surface area contributed by atoms with Crippen LogP contribution in [0.15, 0.2) is 23.9 Å². The zero-order valence-electron chi connectivity index (χ0n) is 11.8. The summed E-state index contributed by atoms with van der Waals surface area (Å²) in [5.74, 6) is 0. The smallest absolute Gasteiger partial charge is 0.0357 e. The van der Waals surface area contributed by atoms with Gasteiger partial charge in [-0.2, -0.15) is 0 Å². The molecule has 0 unspecified atom stereocenters. The molecule has 0 aromatic heterocycles. The summed E-state index contributed by atoms with van der Waals surface area (Å²) in [4.78, 5) is 0. The minimum Gasteiger partial charge on any atom is -0.387 e. The first-order chi connectivity index (χ1) is 8.93. The molecule has 0 bridgehead atoms. The fraction of sp³-hybridized carbons (Fsp3) is 0.750. The number of unbranched alkanes of at least 4 members (excludes halogenated alkanes) is 8. The standard InChI is InChI=1S/C16H30N2/c17-13-9-7-5-3-1-2-4-6-8-11-16-12-10-14-18-15-16/h10,12,14,18H,1-9,11,13,15,17H2. The number of nitrogens with one attached hydrogen (secondary N) is 1. The zero-order chi connectivity index (χ0) is 12.9. The van der Waals surface area contributed by atoms with E-state index < -0.39 is 0 Å². The van der Waals surface area contributed by atoms with Crippen molar-refractivity contribution >= 4 is 0 Å². The first-order valence-corrected chi connectivity index (χ1v) is 7.71. The molecule has 0 saturated heterocycles. The van der Waals surface area contributed by atoms with Crippen LogP contribution in [-0.2, 0) is 0 Å². The van der Waals surface area contributed by atoms with Gasteiger partial charge >= 0.3 is 0 Å². The van der Waals surface area contributed by atoms with Crippen LogP contribution in [0.2, 0.25) is 0 Å². The molecule has 0 spiro atoms. The van der Waals surface area contributed by atoms with Crippen molar-refractivity contribution in [3.63, 3.8) is 0 Å². The Morgan fingerprint density at radius 2 is 1.50 bits per heavy atom. The SMILES string of the molecule is NCCCCCCCCCCCC1=CC=CNC1. The van der Waals surface area contributed by atoms with Gasteiger partial charge in [-0.05, 0) is 38.1 Å². The summed E-state index contributed by atoms with van der Waals surface area (Å²) in [5, 5.41) is 3.26. The van der Waals surface area contributed by atoms with E-state index in [1.807, 2.05) is 6.20 Å². The highest BCUT2D eigenvalue weighted by Gasteiger charge is 1.98. The van der Waals surface area contributed by atoms with E-state index in [1.54, 1.807) is 5.57 Å². The molecule has 0 aliphatic carbocycles. The van der Waals surface area contributed by atoms with Crippen molar-refractivity contribution in [3.8, 4) is 0 Å². The van der Waals surface area contributed by atoms with Crippen LogP contribution >= 0.6 is 0 Å². The first kappa shape index (κ1) is 15.3. The van der Waals surface area contributed by atoms with E-state index in [0.717, 1.165) is 13.1 Å². The third-order valence-electron chi connectivity index (χ3n) is 3.58. The molecule has 1 heterocycles. The van der Waals surface area contributed by atoms with Crippen LogP contribution in [0.1, 0.15) is 64.2 Å². The molecule has 2 nitrogen and oxygen atoms in total. The molecule has 0 saturated carbocycles. The number of allylic oxidation sites excluding steroid dienone is 2. The second kappa shape index (κ2) is 11.3. The Kier molecular flexibility index (Phi) is 9.64. The molecule has 3 N–H and O–H groups in total. The Morgan fingerprint density at radius 3 is 2.06 bits per heavy atom. The van der Waals surface area contributed by atoms with Crippen molar-refractivity contribution in [3.05, 3.63) is 23.9 Å². The van der Waals surface area contributed by atoms with Crippen LogP contribution < -0.4 is 11.1 Å². The fourth-order valence-corrected chi connectivity index (χ4v) is 2.41. The lowest BCUT2D eigenvalue weighted by molar-refractivity contribution is 0.558. The minimum atomic E-state index is 0.861. The van der Waals surface area contributed by atoms with Gasteiger partial charge < -0.3 is 11.1 Å². The maximum Gasteiger partial charge on any atom is 0.0357 e. The van der Waals surface area contributed by atoms with Crippen LogP contribution in [0, 0.1) is 0 Å². The molecule has 0 radical (unpaired) electrons. The van der Waals surface area contributed by atoms with Gasteiger partial charge in [0, 0.05) is 6.54 Å². The molecular weight excluding hydrogens is 220 g/mol. The van der Waals surface area contributed by atoms with Gasteiger partial charge in [-0.15, -0.1) is 0 Å². The molecule has 1 aliphatic rings. The number of nitrogens with two attached hydrogens (primary N) is 1. The molecule has 1 rings (SSSR count). The Balaban J connectivity index is 1.78. The molecule has 1 aliphatic heterocycles. The van der Waals surface area contributed by atoms with Crippen molar-refractivity contribution in [1.29, 1.82) is 0 Å². The molecular formula is C16H30N2. The second-order valence-corrected chi connectivity index (χ2v) is 5.29. The summed E-state index contributed by atoms with van der Waals surface area (Å²) in [7, 11) is 0. The first-order valence-electron chi connectivity index (χ1n) is 7.71. The lowest BCUT2D eigenvalue weighted by Gasteiger charge is -2.10. The van der Waals surface area contributed by atoms with Gasteiger partial charge in [0.05, 0.1) is 0 Å². The minimum absolute atomic E-state index is 0.861. The summed E-state index contributed by atoms with van der Waals surface area (Å²) in [6, 6.07) is 0. The Bertz CT molecular complexity index is 243. The van der Waals surface area contributed by atoms with E-state index in [0.29, 0.717) is 0 Å². The van der Waals surface area contributed by atoms with Crippen LogP contribution in [-0.4, -0.2) is 13.1 Å². The quantitative estimate of drug-likeness (QED) is 0.546. The lowest BCUT2D eigenvalue weighted by atomic mass is 10.0. The Labute approximate surface area is 113 Å². The maximum absolute atomic E-state index is 5.47. The molecule has 0 atom stereocenters. The molecule has 0 fully saturated rings. The highest BCUT2D eigenvalue weighted by molar-refractivity contribution is 5.17. The van der Waals surface area contributed by atoms with Gasteiger partial charge in [-0.25, -0.2) is 0 Å². The summed E-state index contributed by atoms with van der Waals surface area (Å²) in [6.45, 7) is 1.91.